The van der Waals surface area contributed by atoms with Crippen LogP contribution in [0.4, 0.5) is 26.4 Å². The average Bonchev–Trinajstić information content (AvgIpc) is 3.91. The van der Waals surface area contributed by atoms with Gasteiger partial charge < -0.3 is 16.0 Å². The maximum atomic E-state index is 12.9. The van der Waals surface area contributed by atoms with E-state index in [1.54, 1.807) is 60.5 Å². The van der Waals surface area contributed by atoms with E-state index in [9.17, 15) is 21.6 Å². The number of nitrogens with zero attached hydrogens (tertiary/aromatic N) is 3. The van der Waals surface area contributed by atoms with Gasteiger partial charge in [0.05, 0.1) is 12.5 Å². The summed E-state index contributed by atoms with van der Waals surface area (Å²) >= 11 is 14.8. The molecule has 8 rings (SSSR count). The lowest BCUT2D eigenvalue weighted by atomic mass is 9.88. The second-order valence-corrected chi connectivity index (χ2v) is 23.2. The van der Waals surface area contributed by atoms with Gasteiger partial charge in [-0.2, -0.15) is 0 Å². The van der Waals surface area contributed by atoms with Gasteiger partial charge in [-0.05, 0) is 73.0 Å². The lowest BCUT2D eigenvalue weighted by molar-refractivity contribution is 0.221. The molecule has 0 spiro atoms. The summed E-state index contributed by atoms with van der Waals surface area (Å²) in [5.41, 5.74) is 14.3. The number of thiazole rings is 2. The number of nitrogen functional groups attached to an aromatic ring is 1. The zero-order chi connectivity index (χ0) is 51.7. The van der Waals surface area contributed by atoms with E-state index in [0.29, 0.717) is 59.7 Å². The Kier molecular flexibility index (Phi) is 20.2. The third-order valence-electron chi connectivity index (χ3n) is 10.9. The molecule has 0 aliphatic rings. The van der Waals surface area contributed by atoms with Gasteiger partial charge in [0.2, 0.25) is 20.0 Å². The standard InChI is InChI=1S/C27H27ClN4O3S2.C16H19N.C10H10ClN3O2S2/c1-32(18-17-23(19-9-5-3-6-10-19)20-11-7-4-8-12-20)27(33)30-26-29-24(25(28)36-26)21-13-15-22(16-14-21)31-37(2,34)35;1-17-13-12-16(14-8-4-2-5-9-14)15-10-6-3-7-11-15;1-18(15,16)14-7-4-2-6(3-5-7)8-9(11)17-10(12)13-8/h3-16,23,31H,17-18H2,1-2H3,(H,29,30,33);2-11,16-17H,12-13H2,1H3;2-5,14H,1H3,(H2,12,13). The van der Waals surface area contributed by atoms with Crippen LogP contribution in [0.3, 0.4) is 0 Å². The summed E-state index contributed by atoms with van der Waals surface area (Å²) in [4.78, 5) is 23.1. The predicted octanol–water partition coefficient (Wildman–Crippen LogP) is 12.4. The normalized spacial score (nSPS) is 11.2. The van der Waals surface area contributed by atoms with Gasteiger partial charge in [-0.3, -0.25) is 14.8 Å². The molecule has 0 aliphatic carbocycles. The Bertz CT molecular complexity index is 3090. The number of anilines is 4. The van der Waals surface area contributed by atoms with Gasteiger partial charge in [-0.1, -0.05) is 191 Å². The quantitative estimate of drug-likeness (QED) is 0.0591. The van der Waals surface area contributed by atoms with Crippen molar-refractivity contribution in [3.05, 3.63) is 201 Å². The fourth-order valence-electron chi connectivity index (χ4n) is 7.54. The predicted molar refractivity (Wildman–Crippen MR) is 301 cm³/mol. The Morgan fingerprint density at radius 3 is 1.32 bits per heavy atom. The van der Waals surface area contributed by atoms with Crippen molar-refractivity contribution in [1.29, 1.82) is 0 Å². The summed E-state index contributed by atoms with van der Waals surface area (Å²) in [7, 11) is -2.87. The van der Waals surface area contributed by atoms with Gasteiger partial charge >= 0.3 is 6.03 Å². The molecule has 72 heavy (non-hydrogen) atoms. The number of amides is 2. The van der Waals surface area contributed by atoms with Gasteiger partial charge in [0.25, 0.3) is 0 Å². The molecule has 0 unspecified atom stereocenters. The molecule has 19 heteroatoms. The van der Waals surface area contributed by atoms with Crippen LogP contribution in [0.25, 0.3) is 22.5 Å². The Labute approximate surface area is 440 Å². The van der Waals surface area contributed by atoms with Crippen LogP contribution in [0.2, 0.25) is 8.67 Å². The molecule has 0 bridgehead atoms. The van der Waals surface area contributed by atoms with Crippen LogP contribution in [0.5, 0.6) is 0 Å². The van der Waals surface area contributed by atoms with Crippen molar-refractivity contribution in [3.63, 3.8) is 0 Å². The van der Waals surface area contributed by atoms with E-state index in [1.807, 2.05) is 43.4 Å². The summed E-state index contributed by atoms with van der Waals surface area (Å²) in [5.74, 6) is 0.656. The van der Waals surface area contributed by atoms with Crippen molar-refractivity contribution in [2.24, 2.45) is 0 Å². The first-order valence-electron chi connectivity index (χ1n) is 22.6. The zero-order valence-corrected chi connectivity index (χ0v) is 44.8. The fraction of sp³-hybridized carbons (Fsp3) is 0.189. The molecule has 0 fully saturated rings. The van der Waals surface area contributed by atoms with Crippen LogP contribution >= 0.6 is 45.9 Å². The number of rotatable bonds is 17. The minimum absolute atomic E-state index is 0.165. The highest BCUT2D eigenvalue weighted by Crippen LogP contribution is 2.37. The van der Waals surface area contributed by atoms with E-state index in [2.05, 4.69) is 115 Å². The number of urea groups is 1. The van der Waals surface area contributed by atoms with Crippen molar-refractivity contribution in [1.82, 2.24) is 20.2 Å². The molecule has 0 atom stereocenters. The number of aromatic nitrogens is 2. The molecule has 0 saturated carbocycles. The molecular formula is C53H56Cl2N8O5S4. The Morgan fingerprint density at radius 2 is 0.958 bits per heavy atom. The molecule has 2 amide bonds. The Morgan fingerprint density at radius 1 is 0.583 bits per heavy atom. The molecule has 2 heterocycles. The second-order valence-electron chi connectivity index (χ2n) is 16.5. The number of nitrogens with two attached hydrogens (primary N) is 1. The van der Waals surface area contributed by atoms with Crippen molar-refractivity contribution in [2.45, 2.75) is 24.7 Å². The van der Waals surface area contributed by atoms with E-state index in [-0.39, 0.29) is 11.9 Å². The molecule has 6 aromatic carbocycles. The van der Waals surface area contributed by atoms with Crippen molar-refractivity contribution >= 4 is 93.6 Å². The van der Waals surface area contributed by atoms with Gasteiger partial charge in [-0.25, -0.2) is 31.6 Å². The van der Waals surface area contributed by atoms with Crippen LogP contribution < -0.4 is 25.8 Å². The first-order valence-corrected chi connectivity index (χ1v) is 28.7. The Balaban J connectivity index is 0.000000200. The van der Waals surface area contributed by atoms with Gasteiger partial charge in [0, 0.05) is 47.9 Å². The number of carbonyl (C=O) groups is 1. The summed E-state index contributed by atoms with van der Waals surface area (Å²) in [6, 6.07) is 55.2. The van der Waals surface area contributed by atoms with Crippen LogP contribution in [-0.4, -0.2) is 77.4 Å². The minimum Gasteiger partial charge on any atom is -0.375 e. The average molecular weight is 1080 g/mol. The van der Waals surface area contributed by atoms with E-state index in [1.165, 1.54) is 44.9 Å². The van der Waals surface area contributed by atoms with Crippen molar-refractivity contribution < 1.29 is 21.6 Å². The van der Waals surface area contributed by atoms with E-state index in [0.717, 1.165) is 37.5 Å². The number of benzene rings is 6. The first kappa shape index (κ1) is 55.0. The molecule has 13 nitrogen and oxygen atoms in total. The fourth-order valence-corrected chi connectivity index (χ4v) is 10.7. The van der Waals surface area contributed by atoms with Crippen molar-refractivity contribution in [3.8, 4) is 22.5 Å². The largest absolute Gasteiger partial charge is 0.375 e. The van der Waals surface area contributed by atoms with Gasteiger partial charge in [-0.15, -0.1) is 0 Å². The summed E-state index contributed by atoms with van der Waals surface area (Å²) in [6.07, 6.45) is 4.08. The number of carbonyl (C=O) groups excluding carboxylic acids is 1. The minimum atomic E-state index is -3.36. The van der Waals surface area contributed by atoms with Crippen LogP contribution in [0, 0.1) is 0 Å². The smallest absolute Gasteiger partial charge is 0.323 e. The Hall–Kier alpha value is -6.31. The second kappa shape index (κ2) is 26.4. The summed E-state index contributed by atoms with van der Waals surface area (Å²) < 4.78 is 50.7. The summed E-state index contributed by atoms with van der Waals surface area (Å²) in [6.45, 7) is 1.58. The molecule has 376 valence electrons. The van der Waals surface area contributed by atoms with E-state index >= 15 is 0 Å². The third-order valence-corrected chi connectivity index (χ3v) is 14.4. The lowest BCUT2D eigenvalue weighted by Crippen LogP contribution is -2.32. The molecule has 6 N–H and O–H groups in total. The molecule has 8 aromatic rings. The number of nitrogens with one attached hydrogen (secondary N) is 4. The van der Waals surface area contributed by atoms with Gasteiger partial charge in [0.15, 0.2) is 10.3 Å². The number of hydrogen-bond acceptors (Lipinski definition) is 11. The van der Waals surface area contributed by atoms with Crippen LogP contribution in [0.15, 0.2) is 170 Å². The molecule has 2 aromatic heterocycles. The third kappa shape index (κ3) is 17.2. The van der Waals surface area contributed by atoms with Crippen molar-refractivity contribution in [2.75, 3.05) is 60.2 Å². The zero-order valence-electron chi connectivity index (χ0n) is 40.0. The molecule has 0 aliphatic heterocycles. The number of hydrogen-bond donors (Lipinski definition) is 5. The monoisotopic (exact) mass is 1080 g/mol. The molecule has 0 radical (unpaired) electrons. The number of halogens is 2. The molecule has 0 saturated heterocycles. The van der Waals surface area contributed by atoms with Crippen LogP contribution in [-0.2, 0) is 20.0 Å². The highest BCUT2D eigenvalue weighted by Gasteiger charge is 2.20. The maximum absolute atomic E-state index is 12.9. The lowest BCUT2D eigenvalue weighted by Gasteiger charge is -2.22. The van der Waals surface area contributed by atoms with Gasteiger partial charge in [0.1, 0.15) is 20.1 Å². The topological polar surface area (TPSA) is 189 Å². The first-order chi connectivity index (χ1) is 34.5. The highest BCUT2D eigenvalue weighted by atomic mass is 35.5. The summed E-state index contributed by atoms with van der Waals surface area (Å²) in [5, 5.41) is 6.86. The highest BCUT2D eigenvalue weighted by molar-refractivity contribution is 7.92. The molecular weight excluding hydrogens is 1030 g/mol. The SMILES string of the molecule is CN(CCC(c1ccccc1)c1ccccc1)C(=O)Nc1nc(-c2ccc(NS(C)(=O)=O)cc2)c(Cl)s1.CNCCC(c1ccccc1)c1ccccc1.CS(=O)(=O)Nc1ccc(-c2nc(N)sc2Cl)cc1. The van der Waals surface area contributed by atoms with E-state index in [4.69, 9.17) is 28.9 Å². The maximum Gasteiger partial charge on any atom is 0.323 e. The van der Waals surface area contributed by atoms with E-state index < -0.39 is 20.0 Å². The van der Waals surface area contributed by atoms with Crippen LogP contribution in [0.1, 0.15) is 46.9 Å². The number of sulfonamides is 2.